The molecule has 0 bridgehead atoms. The maximum absolute atomic E-state index is 13.5. The average Bonchev–Trinajstić information content (AvgIpc) is 2.86. The third-order valence-electron chi connectivity index (χ3n) is 5.22. The number of nitro groups is 1. The molecule has 1 amide bonds. The van der Waals surface area contributed by atoms with Gasteiger partial charge < -0.3 is 4.74 Å². The van der Waals surface area contributed by atoms with Crippen molar-refractivity contribution in [3.63, 3.8) is 0 Å². The van der Waals surface area contributed by atoms with Crippen LogP contribution in [0.1, 0.15) is 18.1 Å². The quantitative estimate of drug-likeness (QED) is 0.263. The summed E-state index contributed by atoms with van der Waals surface area (Å²) >= 11 is 0. The lowest BCUT2D eigenvalue weighted by molar-refractivity contribution is -0.385. The molecule has 3 aromatic rings. The van der Waals surface area contributed by atoms with Crippen molar-refractivity contribution in [2.45, 2.75) is 18.7 Å². The Morgan fingerprint density at radius 2 is 1.75 bits per heavy atom. The van der Waals surface area contributed by atoms with Gasteiger partial charge in [0, 0.05) is 11.6 Å². The molecule has 0 fully saturated rings. The van der Waals surface area contributed by atoms with Crippen molar-refractivity contribution in [2.75, 3.05) is 18.0 Å². The Morgan fingerprint density at radius 3 is 2.33 bits per heavy atom. The van der Waals surface area contributed by atoms with E-state index in [1.807, 2.05) is 0 Å². The molecule has 36 heavy (non-hydrogen) atoms. The molecule has 0 aliphatic heterocycles. The van der Waals surface area contributed by atoms with E-state index in [4.69, 9.17) is 4.74 Å². The summed E-state index contributed by atoms with van der Waals surface area (Å²) in [6.45, 7) is 2.41. The number of methoxy groups -OCH3 is 1. The number of aryl methyl sites for hydroxylation is 1. The van der Waals surface area contributed by atoms with Gasteiger partial charge in [-0.05, 0) is 61.9 Å². The Kier molecular flexibility index (Phi) is 8.00. The average molecular weight is 515 g/mol. The van der Waals surface area contributed by atoms with Crippen molar-refractivity contribution < 1.29 is 27.3 Å². The third-order valence-corrected chi connectivity index (χ3v) is 6.99. The lowest BCUT2D eigenvalue weighted by Gasteiger charge is -2.24. The largest absolute Gasteiger partial charge is 0.497 e. The second kappa shape index (κ2) is 11.0. The van der Waals surface area contributed by atoms with Gasteiger partial charge in [-0.1, -0.05) is 18.2 Å². The maximum atomic E-state index is 13.5. The van der Waals surface area contributed by atoms with Crippen molar-refractivity contribution >= 4 is 33.0 Å². The van der Waals surface area contributed by atoms with Gasteiger partial charge in [-0.15, -0.1) is 0 Å². The fourth-order valence-corrected chi connectivity index (χ4v) is 4.65. The minimum absolute atomic E-state index is 0.133. The zero-order chi connectivity index (χ0) is 26.5. The van der Waals surface area contributed by atoms with Crippen LogP contribution in [0.2, 0.25) is 0 Å². The van der Waals surface area contributed by atoms with E-state index in [-0.39, 0.29) is 16.3 Å². The molecule has 0 saturated carbocycles. The molecule has 0 heterocycles. The van der Waals surface area contributed by atoms with Crippen LogP contribution in [-0.2, 0) is 14.8 Å². The van der Waals surface area contributed by atoms with Gasteiger partial charge in [0.05, 0.1) is 28.3 Å². The minimum Gasteiger partial charge on any atom is -0.497 e. The number of sulfonamides is 1. The van der Waals surface area contributed by atoms with Crippen LogP contribution in [0.5, 0.6) is 5.75 Å². The summed E-state index contributed by atoms with van der Waals surface area (Å²) in [4.78, 5) is 23.1. The van der Waals surface area contributed by atoms with Gasteiger partial charge in [-0.3, -0.25) is 19.2 Å². The number of hydrazone groups is 1. The van der Waals surface area contributed by atoms with E-state index < -0.39 is 33.2 Å². The summed E-state index contributed by atoms with van der Waals surface area (Å²) in [5.74, 6) is -0.726. The van der Waals surface area contributed by atoms with E-state index in [9.17, 15) is 27.7 Å². The molecule has 3 aromatic carbocycles. The molecule has 0 unspecified atom stereocenters. The molecule has 3 rings (SSSR count). The third kappa shape index (κ3) is 6.02. The standard InChI is InChI=1S/C24H23FN4O6S/c1-16-4-13-22(14-23(16)29(31)32)36(33,34)28(20-9-11-21(35-3)12-10-20)15-24(30)27-26-17(2)18-5-7-19(25)8-6-18/h4-14H,15H2,1-3H3,(H,27,30). The van der Waals surface area contributed by atoms with Gasteiger partial charge in [-0.25, -0.2) is 18.2 Å². The summed E-state index contributed by atoms with van der Waals surface area (Å²) in [6, 6.07) is 14.9. The number of benzene rings is 3. The topological polar surface area (TPSA) is 131 Å². The van der Waals surface area contributed by atoms with E-state index in [1.54, 1.807) is 6.92 Å². The van der Waals surface area contributed by atoms with Gasteiger partial charge in [-0.2, -0.15) is 5.10 Å². The number of nitro benzene ring substituents is 1. The van der Waals surface area contributed by atoms with Crippen molar-refractivity contribution in [1.82, 2.24) is 5.43 Å². The molecule has 0 saturated heterocycles. The summed E-state index contributed by atoms with van der Waals surface area (Å²) in [5.41, 5.74) is 3.28. The van der Waals surface area contributed by atoms with Crippen LogP contribution in [-0.4, -0.2) is 38.6 Å². The number of hydrogen-bond acceptors (Lipinski definition) is 7. The highest BCUT2D eigenvalue weighted by molar-refractivity contribution is 7.92. The smallest absolute Gasteiger partial charge is 0.273 e. The predicted octanol–water partition coefficient (Wildman–Crippen LogP) is 3.79. The fourth-order valence-electron chi connectivity index (χ4n) is 3.20. The van der Waals surface area contributed by atoms with E-state index >= 15 is 0 Å². The van der Waals surface area contributed by atoms with Gasteiger partial charge in [0.1, 0.15) is 18.1 Å². The number of halogens is 1. The first kappa shape index (κ1) is 26.3. The Bertz CT molecular complexity index is 1410. The molecule has 0 aliphatic rings. The first-order chi connectivity index (χ1) is 17.0. The Labute approximate surface area is 207 Å². The Balaban J connectivity index is 1.94. The molecule has 1 N–H and O–H groups in total. The molecule has 0 aromatic heterocycles. The van der Waals surface area contributed by atoms with Crippen molar-refractivity contribution in [2.24, 2.45) is 5.10 Å². The number of carbonyl (C=O) groups is 1. The van der Waals surface area contributed by atoms with Crippen molar-refractivity contribution in [3.8, 4) is 5.75 Å². The minimum atomic E-state index is -4.40. The number of rotatable bonds is 9. The van der Waals surface area contributed by atoms with E-state index in [1.165, 1.54) is 74.7 Å². The van der Waals surface area contributed by atoms with Crippen LogP contribution < -0.4 is 14.5 Å². The van der Waals surface area contributed by atoms with Gasteiger partial charge in [0.2, 0.25) is 0 Å². The van der Waals surface area contributed by atoms with Crippen molar-refractivity contribution in [3.05, 3.63) is 93.8 Å². The second-order valence-corrected chi connectivity index (χ2v) is 9.52. The molecule has 10 nitrogen and oxygen atoms in total. The first-order valence-electron chi connectivity index (χ1n) is 10.5. The van der Waals surface area contributed by atoms with Crippen LogP contribution in [0.3, 0.4) is 0 Å². The fraction of sp³-hybridized carbons (Fsp3) is 0.167. The van der Waals surface area contributed by atoms with E-state index in [2.05, 4.69) is 10.5 Å². The van der Waals surface area contributed by atoms with Gasteiger partial charge in [0.25, 0.3) is 21.6 Å². The molecular weight excluding hydrogens is 491 g/mol. The molecule has 0 atom stereocenters. The SMILES string of the molecule is COc1ccc(N(CC(=O)NN=C(C)c2ccc(F)cc2)S(=O)(=O)c2ccc(C)c([N+](=O)[O-])c2)cc1. The molecule has 12 heteroatoms. The van der Waals surface area contributed by atoms with Crippen molar-refractivity contribution in [1.29, 1.82) is 0 Å². The number of amides is 1. The number of anilines is 1. The molecule has 0 aliphatic carbocycles. The number of nitrogens with one attached hydrogen (secondary N) is 1. The molecule has 188 valence electrons. The maximum Gasteiger partial charge on any atom is 0.273 e. The van der Waals surface area contributed by atoms with Crippen LogP contribution in [0, 0.1) is 22.9 Å². The lowest BCUT2D eigenvalue weighted by Crippen LogP contribution is -2.39. The molecular formula is C24H23FN4O6S. The second-order valence-electron chi connectivity index (χ2n) is 7.65. The van der Waals surface area contributed by atoms with Crippen LogP contribution in [0.4, 0.5) is 15.8 Å². The highest BCUT2D eigenvalue weighted by Gasteiger charge is 2.29. The van der Waals surface area contributed by atoms with Crippen LogP contribution in [0.15, 0.2) is 76.7 Å². The Hall–Kier alpha value is -4.32. The highest BCUT2D eigenvalue weighted by Crippen LogP contribution is 2.29. The zero-order valence-corrected chi connectivity index (χ0v) is 20.5. The van der Waals surface area contributed by atoms with Crippen LogP contribution in [0.25, 0.3) is 0 Å². The van der Waals surface area contributed by atoms with E-state index in [0.29, 0.717) is 22.6 Å². The van der Waals surface area contributed by atoms with E-state index in [0.717, 1.165) is 10.4 Å². The highest BCUT2D eigenvalue weighted by atomic mass is 32.2. The molecule has 0 spiro atoms. The normalized spacial score (nSPS) is 11.6. The van der Waals surface area contributed by atoms with Crippen LogP contribution >= 0.6 is 0 Å². The number of nitrogens with zero attached hydrogens (tertiary/aromatic N) is 3. The first-order valence-corrected chi connectivity index (χ1v) is 12.0. The zero-order valence-electron chi connectivity index (χ0n) is 19.6. The Morgan fingerprint density at radius 1 is 1.11 bits per heavy atom. The lowest BCUT2D eigenvalue weighted by atomic mass is 10.1. The summed E-state index contributed by atoms with van der Waals surface area (Å²) in [5, 5.41) is 15.3. The van der Waals surface area contributed by atoms with Gasteiger partial charge in [0.15, 0.2) is 0 Å². The predicted molar refractivity (Wildman–Crippen MR) is 132 cm³/mol. The number of carbonyl (C=O) groups excluding carboxylic acids is 1. The number of hydrogen-bond donors (Lipinski definition) is 1. The summed E-state index contributed by atoms with van der Waals surface area (Å²) in [7, 11) is -2.95. The monoisotopic (exact) mass is 514 g/mol. The van der Waals surface area contributed by atoms with Gasteiger partial charge >= 0.3 is 0 Å². The summed E-state index contributed by atoms with van der Waals surface area (Å²) < 4.78 is 46.1. The summed E-state index contributed by atoms with van der Waals surface area (Å²) in [6.07, 6.45) is 0. The molecule has 0 radical (unpaired) electrons. The number of ether oxygens (including phenoxy) is 1.